The highest BCUT2D eigenvalue weighted by Gasteiger charge is 2.51. The summed E-state index contributed by atoms with van der Waals surface area (Å²) in [5, 5.41) is 12.0. The Morgan fingerprint density at radius 2 is 0.479 bits per heavy atom. The Bertz CT molecular complexity index is 7940. The normalized spacial score (nSPS) is 14.9. The van der Waals surface area contributed by atoms with Gasteiger partial charge in [-0.2, -0.15) is 0 Å². The molecule has 0 bridgehead atoms. The third-order valence-electron chi connectivity index (χ3n) is 32.1. The van der Waals surface area contributed by atoms with Gasteiger partial charge in [0.05, 0.1) is 67.2 Å². The van der Waals surface area contributed by atoms with E-state index in [2.05, 4.69) is 471 Å². The van der Waals surface area contributed by atoms with Gasteiger partial charge in [-0.1, -0.05) is 334 Å². The van der Waals surface area contributed by atoms with Crippen molar-refractivity contribution in [2.45, 2.75) is 314 Å². The molecule has 0 atom stereocenters. The van der Waals surface area contributed by atoms with Crippen molar-refractivity contribution in [1.29, 1.82) is 0 Å². The molecule has 9 nitrogen and oxygen atoms in total. The number of anilines is 6. The van der Waals surface area contributed by atoms with Gasteiger partial charge in [0, 0.05) is 86.2 Å². The summed E-state index contributed by atoms with van der Waals surface area (Å²) in [5.41, 5.74) is 41.2. The third-order valence-corrected chi connectivity index (χ3v) is 33.6. The lowest BCUT2D eigenvalue weighted by molar-refractivity contribution is 0.486. The average molecular weight is 1910 g/mol. The minimum Gasteiger partial charge on any atom is -0.458 e. The molecule has 0 saturated heterocycles. The van der Waals surface area contributed by atoms with Gasteiger partial charge in [-0.05, 0) is 278 Å². The molecule has 0 fully saturated rings. The fourth-order valence-corrected chi connectivity index (χ4v) is 25.7. The lowest BCUT2D eigenvalue weighted by Crippen LogP contribution is -2.64. The number of nitrogens with one attached hydrogen (secondary N) is 1. The number of ether oxygens (including phenoxy) is 3. The maximum absolute atomic E-state index is 8.29. The van der Waals surface area contributed by atoms with Crippen molar-refractivity contribution in [3.8, 4) is 51.6 Å². The van der Waals surface area contributed by atoms with Gasteiger partial charge in [0.25, 0.3) is 20.1 Å². The van der Waals surface area contributed by atoms with Gasteiger partial charge in [0.2, 0.25) is 0 Å². The number of hydrogen-bond donors (Lipinski definition) is 1. The van der Waals surface area contributed by atoms with Gasteiger partial charge in [0.15, 0.2) is 0 Å². The van der Waals surface area contributed by atoms with Crippen LogP contribution in [0, 0.1) is 0 Å². The number of benzene rings is 13. The van der Waals surface area contributed by atoms with Crippen LogP contribution in [0.1, 0.15) is 316 Å². The van der Waals surface area contributed by atoms with Crippen LogP contribution in [0.4, 0.5) is 34.1 Å². The van der Waals surface area contributed by atoms with Crippen molar-refractivity contribution in [1.82, 2.24) is 13.7 Å². The lowest BCUT2D eigenvalue weighted by atomic mass is 9.30. The van der Waals surface area contributed by atoms with Crippen LogP contribution in [0.15, 0.2) is 182 Å². The number of rotatable bonds is 5. The molecule has 0 radical (unpaired) electrons. The van der Waals surface area contributed by atoms with E-state index in [1.54, 1.807) is 23.9 Å². The molecule has 1 N–H and O–H groups in total. The molecule has 0 spiro atoms. The van der Waals surface area contributed by atoms with Crippen LogP contribution in [0.5, 0.6) is 34.5 Å². The first-order valence-electron chi connectivity index (χ1n) is 52.0. The Kier molecular flexibility index (Phi) is 20.8. The zero-order chi connectivity index (χ0) is 102. The maximum Gasteiger partial charge on any atom is 0.256 e. The van der Waals surface area contributed by atoms with Crippen LogP contribution < -0.4 is 77.3 Å². The third kappa shape index (κ3) is 14.7. The summed E-state index contributed by atoms with van der Waals surface area (Å²) in [6, 6.07) is 73.3. The van der Waals surface area contributed by atoms with Crippen molar-refractivity contribution in [3.05, 3.63) is 249 Å². The fraction of sp³-hybridized carbons (Fsp3) is 0.391. The number of aromatic nitrogens is 3. The van der Waals surface area contributed by atoms with Gasteiger partial charge in [0.1, 0.15) is 34.5 Å². The lowest BCUT2D eigenvalue weighted by Gasteiger charge is -2.43. The largest absolute Gasteiger partial charge is 0.458 e. The highest BCUT2D eigenvalue weighted by molar-refractivity contribution is 8.00. The van der Waals surface area contributed by atoms with E-state index in [-0.39, 0.29) is 85.1 Å². The molecule has 14 heteroatoms. The second-order valence-corrected chi connectivity index (χ2v) is 56.4. The Balaban J connectivity index is 0.829. The predicted octanol–water partition coefficient (Wildman–Crippen LogP) is 29.9. The monoisotopic (exact) mass is 1910 g/mol. The summed E-state index contributed by atoms with van der Waals surface area (Å²) in [5.74, 6) is 5.12. The molecule has 142 heavy (non-hydrogen) atoms. The van der Waals surface area contributed by atoms with Crippen LogP contribution in [0.25, 0.3) is 82.5 Å². The molecular formula is C128H145B3N6O3S2. The van der Waals surface area contributed by atoms with Gasteiger partial charge >= 0.3 is 0 Å². The Morgan fingerprint density at radius 1 is 0.218 bits per heavy atom. The zero-order valence-electron chi connectivity index (χ0n) is 91.8. The smallest absolute Gasteiger partial charge is 0.256 e. The first-order chi connectivity index (χ1) is 65.9. The van der Waals surface area contributed by atoms with Gasteiger partial charge in [-0.15, -0.1) is 0 Å². The highest BCUT2D eigenvalue weighted by atomic mass is 32.2. The fourth-order valence-electron chi connectivity index (χ4n) is 24.3. The Labute approximate surface area is 855 Å². The summed E-state index contributed by atoms with van der Waals surface area (Å²) < 4.78 is 36.7. The molecule has 6 aliphatic heterocycles. The molecule has 0 amide bonds. The molecule has 16 aromatic rings. The number of para-hydroxylation sites is 2. The molecule has 726 valence electrons. The van der Waals surface area contributed by atoms with E-state index in [9.17, 15) is 0 Å². The molecule has 0 aliphatic carbocycles. The standard InChI is InChI=1S/C128H145B3N6O3S2/c1-117(2,3)69-47-78-79-48-70(118(4,5)6)54-85(124(22,23)24)112(79)133(111(78)84(53-69)123(19,20)21)75-59-97-108-105(62-75)138-102-45-41-39-43-90(102)129(108)92-65-93-98(67-96(92)132-97)136(141-37)101-61-77(135-115-82(51-73(121(13,14)15)57-88(115)127(31,32)33)83-52-74(122(16,17)18)58-89(116(83)135)128(34,35)36)64-107-110(101)131(93)95-66-94-99(68-104(95)140-107)137(142-38)100-60-76(63-106-109(100)130(94)91-44-40-42-46-103(91)139-106)134-113-80(49-71(119(7,8)9)55-86(113)125(25,26)27)81-50-72(120(10,11)12)56-87(114(81)134)126(28,29)30/h39-68,132H,1-38H3. The Morgan fingerprint density at radius 3 is 0.775 bits per heavy atom. The van der Waals surface area contributed by atoms with Crippen molar-refractivity contribution < 1.29 is 14.2 Å². The number of hydrogen-bond acceptors (Lipinski definition) is 8. The molecular weight excluding hydrogens is 1770 g/mol. The van der Waals surface area contributed by atoms with E-state index in [0.717, 1.165) is 118 Å². The van der Waals surface area contributed by atoms with Crippen LogP contribution in [-0.2, 0) is 65.0 Å². The van der Waals surface area contributed by atoms with Crippen molar-refractivity contribution in [2.75, 3.05) is 26.4 Å². The van der Waals surface area contributed by atoms with Crippen LogP contribution in [0.2, 0.25) is 0 Å². The average Bonchev–Trinajstić information content (AvgIpc) is 0.937. The molecule has 0 unspecified atom stereocenters. The number of nitrogens with zero attached hydrogens (tertiary/aromatic N) is 5. The van der Waals surface area contributed by atoms with Crippen molar-refractivity contribution >= 4 is 193 Å². The molecule has 13 aromatic carbocycles. The van der Waals surface area contributed by atoms with E-state index < -0.39 is 0 Å². The topological polar surface area (TPSA) is 61.0 Å². The zero-order valence-corrected chi connectivity index (χ0v) is 93.5. The quantitative estimate of drug-likeness (QED) is 0.135. The number of fused-ring (bicyclic) bond motifs is 21. The minimum absolute atomic E-state index is 0.114. The molecule has 22 rings (SSSR count). The predicted molar refractivity (Wildman–Crippen MR) is 621 cm³/mol. The molecule has 6 aliphatic rings. The van der Waals surface area contributed by atoms with E-state index >= 15 is 0 Å². The summed E-state index contributed by atoms with van der Waals surface area (Å²) >= 11 is 3.54. The van der Waals surface area contributed by atoms with E-state index in [0.29, 0.717) is 0 Å². The van der Waals surface area contributed by atoms with Gasteiger partial charge < -0.3 is 33.2 Å². The summed E-state index contributed by atoms with van der Waals surface area (Å²) in [7, 11) is 0. The van der Waals surface area contributed by atoms with E-state index in [4.69, 9.17) is 14.2 Å². The van der Waals surface area contributed by atoms with Crippen LogP contribution >= 0.6 is 23.9 Å². The second kappa shape index (κ2) is 30.8. The van der Waals surface area contributed by atoms with Crippen molar-refractivity contribution in [2.24, 2.45) is 0 Å². The van der Waals surface area contributed by atoms with E-state index in [1.807, 2.05) is 0 Å². The first kappa shape index (κ1) is 95.8. The van der Waals surface area contributed by atoms with Crippen molar-refractivity contribution in [3.63, 3.8) is 0 Å². The SMILES string of the molecule is CSN1c2cc3c(cc2B2c4cc5c(cc4Oc4cc(-n6c7c(C(C)(C)C)cc(C(C)(C)C)cc7c7cc(C(C)(C)C)cc(C(C)(C)C)c76)cc1c42)N(SC)c1cc(-n2c4c(C(C)(C)C)cc(C(C)(C)C)cc4c4cc(C(C)(C)C)cc(C(C)(C)C)c42)cc2c1B5c1ccccc1O2)B1c2ccccc2Oc2cc(-n4c5c(C(C)(C)C)cc(C(C)(C)C)cc5c5cc(C(C)(C)C)cc(C(C)(C)C)c54)cc(c21)N3. The molecule has 3 aromatic heterocycles. The minimum atomic E-state index is -0.336. The highest BCUT2D eigenvalue weighted by Crippen LogP contribution is 2.56. The van der Waals surface area contributed by atoms with Crippen LogP contribution in [0.3, 0.4) is 0 Å². The van der Waals surface area contributed by atoms with Crippen LogP contribution in [-0.4, -0.2) is 46.4 Å². The Hall–Kier alpha value is -11.0. The summed E-state index contributed by atoms with van der Waals surface area (Å²) in [6.45, 7) is 85.3. The second-order valence-electron chi connectivity index (χ2n) is 54.9. The molecule has 0 saturated carbocycles. The van der Waals surface area contributed by atoms with E-state index in [1.165, 1.54) is 149 Å². The van der Waals surface area contributed by atoms with Gasteiger partial charge in [-0.25, -0.2) is 0 Å². The summed E-state index contributed by atoms with van der Waals surface area (Å²) in [4.78, 5) is 0. The summed E-state index contributed by atoms with van der Waals surface area (Å²) in [6.07, 6.45) is 4.54. The maximum atomic E-state index is 8.29. The molecule has 9 heterocycles. The van der Waals surface area contributed by atoms with Gasteiger partial charge in [-0.3, -0.25) is 8.61 Å². The first-order valence-corrected chi connectivity index (χ1v) is 54.4.